The molecule has 0 bridgehead atoms. The molecule has 0 aromatic rings. The molecule has 0 amide bonds. The van der Waals surface area contributed by atoms with Crippen LogP contribution < -0.4 is 4.89 Å². The van der Waals surface area contributed by atoms with Crippen LogP contribution in [0.2, 0.25) is 0 Å². The van der Waals surface area contributed by atoms with Gasteiger partial charge in [0, 0.05) is 10.9 Å². The summed E-state index contributed by atoms with van der Waals surface area (Å²) >= 11 is 6.28. The quantitative estimate of drug-likeness (QED) is 0.466. The van der Waals surface area contributed by atoms with Crippen LogP contribution in [-0.2, 0) is 35.8 Å². The summed E-state index contributed by atoms with van der Waals surface area (Å²) in [5.41, 5.74) is -2.85. The Labute approximate surface area is 128 Å². The van der Waals surface area contributed by atoms with Gasteiger partial charge in [-0.3, -0.25) is 0 Å². The van der Waals surface area contributed by atoms with Gasteiger partial charge in [-0.25, -0.2) is 0 Å². The van der Waals surface area contributed by atoms with Crippen LogP contribution in [0, 0.1) is 5.92 Å². The molecule has 0 saturated carbocycles. The largest absolute Gasteiger partial charge is 2.00 e. The van der Waals surface area contributed by atoms with Crippen molar-refractivity contribution in [2.75, 3.05) is 6.61 Å². The maximum Gasteiger partial charge on any atom is 2.00 e. The topological polar surface area (TPSA) is 32.3 Å². The van der Waals surface area contributed by atoms with Gasteiger partial charge < -0.3 is 9.42 Å². The summed E-state index contributed by atoms with van der Waals surface area (Å²) in [6, 6.07) is 0. The molecule has 0 heterocycles. The summed E-state index contributed by atoms with van der Waals surface area (Å²) in [5.74, 6) is 0.504. The van der Waals surface area contributed by atoms with E-state index in [1.807, 2.05) is 13.8 Å². The van der Waals surface area contributed by atoms with Gasteiger partial charge in [-0.05, 0) is 12.3 Å². The molecule has 0 saturated heterocycles. The Kier molecular flexibility index (Phi) is 14.0. The van der Waals surface area contributed by atoms with E-state index in [4.69, 9.17) is 16.3 Å². The Morgan fingerprint density at radius 2 is 1.94 bits per heavy atom. The van der Waals surface area contributed by atoms with Gasteiger partial charge in [0.2, 0.25) is 0 Å². The summed E-state index contributed by atoms with van der Waals surface area (Å²) < 4.78 is 5.42. The molecule has 0 fully saturated rings. The van der Waals surface area contributed by atoms with Crippen molar-refractivity contribution in [3.63, 3.8) is 0 Å². The average molecular weight is 349 g/mol. The van der Waals surface area contributed by atoms with E-state index in [1.54, 1.807) is 0 Å². The van der Waals surface area contributed by atoms with Crippen molar-refractivity contribution in [1.82, 2.24) is 0 Å². The van der Waals surface area contributed by atoms with Gasteiger partial charge in [-0.15, -0.1) is 11.4 Å². The fraction of sp³-hybridized carbons (Fsp3) is 1.00. The standard InChI is InChI=1S/C11H25O2PS2.Zn/c1-5-7-8-11(6-2)9-13-14(12,15)16-10(3)4;/h10-11H,5-9H2,1-4H3,(H,12,15);/q;+2/p-1. The zero-order valence-corrected chi connectivity index (χ0v) is 17.0. The zero-order valence-electron chi connectivity index (χ0n) is 11.5. The van der Waals surface area contributed by atoms with Gasteiger partial charge in [0.1, 0.15) is 0 Å². The Hall–Kier alpha value is 1.54. The Bertz CT molecular complexity index is 228. The zero-order chi connectivity index (χ0) is 12.6. The normalized spacial score (nSPS) is 16.4. The average Bonchev–Trinajstić information content (AvgIpc) is 2.16. The van der Waals surface area contributed by atoms with Crippen LogP contribution in [0.3, 0.4) is 0 Å². The third-order valence-corrected chi connectivity index (χ3v) is 6.94. The maximum absolute atomic E-state index is 11.9. The van der Waals surface area contributed by atoms with Gasteiger partial charge in [0.15, 0.2) is 0 Å². The first-order valence-electron chi connectivity index (χ1n) is 6.05. The molecule has 0 spiro atoms. The van der Waals surface area contributed by atoms with E-state index in [9.17, 15) is 4.89 Å². The molecular weight excluding hydrogens is 325 g/mol. The maximum atomic E-state index is 11.9. The molecule has 0 aromatic carbocycles. The summed E-state index contributed by atoms with van der Waals surface area (Å²) in [6.45, 7) is 8.85. The van der Waals surface area contributed by atoms with Crippen molar-refractivity contribution in [3.05, 3.63) is 0 Å². The molecule has 98 valence electrons. The molecule has 2 unspecified atom stereocenters. The minimum absolute atomic E-state index is 0. The van der Waals surface area contributed by atoms with Crippen molar-refractivity contribution in [3.8, 4) is 0 Å². The van der Waals surface area contributed by atoms with Gasteiger partial charge in [0.25, 0.3) is 0 Å². The predicted molar refractivity (Wildman–Crippen MR) is 76.3 cm³/mol. The Balaban J connectivity index is 0. The van der Waals surface area contributed by atoms with E-state index in [0.717, 1.165) is 12.8 Å². The van der Waals surface area contributed by atoms with Crippen LogP contribution in [0.4, 0.5) is 0 Å². The smallest absolute Gasteiger partial charge is 0.793 e. The molecule has 0 aromatic heterocycles. The molecular formula is C11H24O2PS2Zn+. The van der Waals surface area contributed by atoms with E-state index in [1.165, 1.54) is 24.2 Å². The fourth-order valence-corrected chi connectivity index (χ4v) is 6.00. The van der Waals surface area contributed by atoms with E-state index in [0.29, 0.717) is 12.5 Å². The van der Waals surface area contributed by atoms with Crippen LogP contribution in [-0.4, -0.2) is 11.9 Å². The van der Waals surface area contributed by atoms with Crippen LogP contribution in [0.25, 0.3) is 0 Å². The first kappa shape index (κ1) is 20.9. The van der Waals surface area contributed by atoms with Gasteiger partial charge >= 0.3 is 19.5 Å². The van der Waals surface area contributed by atoms with E-state index in [-0.39, 0.29) is 24.7 Å². The SMILES string of the molecule is CCCCC(CC)COP([O-])(=S)SC(C)C.[Zn+2]. The van der Waals surface area contributed by atoms with Gasteiger partial charge in [-0.1, -0.05) is 58.8 Å². The van der Waals surface area contributed by atoms with Crippen molar-refractivity contribution >= 4 is 28.9 Å². The third-order valence-electron chi connectivity index (χ3n) is 2.35. The van der Waals surface area contributed by atoms with Crippen LogP contribution in [0.1, 0.15) is 53.4 Å². The van der Waals surface area contributed by atoms with E-state index in [2.05, 4.69) is 13.8 Å². The summed E-state index contributed by atoms with van der Waals surface area (Å²) in [6.07, 6.45) is 4.63. The predicted octanol–water partition coefficient (Wildman–Crippen LogP) is 3.94. The summed E-state index contributed by atoms with van der Waals surface area (Å²) in [5, 5.41) is 0.263. The molecule has 2 atom stereocenters. The first-order valence-corrected chi connectivity index (χ1v) is 10.2. The Morgan fingerprint density at radius 1 is 1.35 bits per heavy atom. The van der Waals surface area contributed by atoms with Crippen LogP contribution in [0.15, 0.2) is 0 Å². The molecule has 0 aliphatic heterocycles. The second-order valence-electron chi connectivity index (χ2n) is 4.31. The second-order valence-corrected chi connectivity index (χ2v) is 10.8. The fourth-order valence-electron chi connectivity index (χ4n) is 1.38. The molecule has 2 nitrogen and oxygen atoms in total. The van der Waals surface area contributed by atoms with Crippen molar-refractivity contribution in [2.24, 2.45) is 5.92 Å². The first-order chi connectivity index (χ1) is 7.41. The van der Waals surface area contributed by atoms with Crippen molar-refractivity contribution in [2.45, 2.75) is 58.6 Å². The van der Waals surface area contributed by atoms with Crippen molar-refractivity contribution < 1.29 is 28.9 Å². The molecule has 0 radical (unpaired) electrons. The number of rotatable bonds is 9. The minimum atomic E-state index is -2.85. The molecule has 0 rings (SSSR count). The molecule has 0 N–H and O–H groups in total. The van der Waals surface area contributed by atoms with Gasteiger partial charge in [-0.2, -0.15) is 0 Å². The number of unbranched alkanes of at least 4 members (excludes halogenated alkanes) is 1. The van der Waals surface area contributed by atoms with Crippen LogP contribution >= 0.6 is 17.1 Å². The Morgan fingerprint density at radius 3 is 2.35 bits per heavy atom. The molecule has 0 aliphatic rings. The van der Waals surface area contributed by atoms with Crippen LogP contribution in [0.5, 0.6) is 0 Å². The molecule has 0 aliphatic carbocycles. The third kappa shape index (κ3) is 12.3. The van der Waals surface area contributed by atoms with Gasteiger partial charge in [0.05, 0.1) is 6.61 Å². The summed E-state index contributed by atoms with van der Waals surface area (Å²) in [4.78, 5) is 11.9. The second kappa shape index (κ2) is 11.4. The minimum Gasteiger partial charge on any atom is -0.793 e. The monoisotopic (exact) mass is 347 g/mol. The van der Waals surface area contributed by atoms with Crippen molar-refractivity contribution in [1.29, 1.82) is 0 Å². The van der Waals surface area contributed by atoms with E-state index < -0.39 is 5.69 Å². The molecule has 17 heavy (non-hydrogen) atoms. The molecule has 6 heteroatoms. The summed E-state index contributed by atoms with van der Waals surface area (Å²) in [7, 11) is 0. The number of hydrogen-bond donors (Lipinski definition) is 0. The van der Waals surface area contributed by atoms with E-state index >= 15 is 0 Å². The number of hydrogen-bond acceptors (Lipinski definition) is 4.